The van der Waals surface area contributed by atoms with Crippen LogP contribution in [0.15, 0.2) is 0 Å². The predicted molar refractivity (Wildman–Crippen MR) is 67.8 cm³/mol. The van der Waals surface area contributed by atoms with E-state index < -0.39 is 11.5 Å². The third-order valence-corrected chi connectivity index (χ3v) is 4.04. The first-order chi connectivity index (χ1) is 9.07. The van der Waals surface area contributed by atoms with E-state index in [2.05, 4.69) is 10.2 Å². The molecule has 1 saturated heterocycles. The second-order valence-electron chi connectivity index (χ2n) is 5.22. The molecule has 19 heavy (non-hydrogen) atoms. The fourth-order valence-electron chi connectivity index (χ4n) is 2.52. The van der Waals surface area contributed by atoms with Gasteiger partial charge in [-0.05, 0) is 19.3 Å². The van der Waals surface area contributed by atoms with Gasteiger partial charge in [0.2, 0.25) is 0 Å². The van der Waals surface area contributed by atoms with Gasteiger partial charge in [-0.2, -0.15) is 0 Å². The number of rotatable bonds is 4. The Bertz CT molecular complexity index is 349. The lowest BCUT2D eigenvalue weighted by atomic mass is 9.77. The summed E-state index contributed by atoms with van der Waals surface area (Å²) in [7, 11) is 0. The van der Waals surface area contributed by atoms with E-state index in [4.69, 9.17) is 5.11 Å². The van der Waals surface area contributed by atoms with Crippen molar-refractivity contribution in [3.05, 3.63) is 0 Å². The van der Waals surface area contributed by atoms with Gasteiger partial charge in [0, 0.05) is 32.7 Å². The average Bonchev–Trinajstić information content (AvgIpc) is 2.34. The van der Waals surface area contributed by atoms with Gasteiger partial charge in [0.25, 0.3) is 0 Å². The maximum absolute atomic E-state index is 12.1. The van der Waals surface area contributed by atoms with Crippen LogP contribution in [0.4, 0.5) is 4.79 Å². The van der Waals surface area contributed by atoms with Crippen LogP contribution in [0.5, 0.6) is 0 Å². The molecule has 108 valence electrons. The fourth-order valence-corrected chi connectivity index (χ4v) is 2.52. The molecule has 0 spiro atoms. The number of nitrogens with zero attached hydrogens (tertiary/aromatic N) is 2. The summed E-state index contributed by atoms with van der Waals surface area (Å²) in [5.74, 6) is -0.939. The van der Waals surface area contributed by atoms with E-state index in [1.54, 1.807) is 4.90 Å². The minimum Gasteiger partial charge on any atom is -0.480 e. The minimum absolute atomic E-state index is 0.119. The standard InChI is InChI=1S/C12H21N3O4/c16-9-8-14-4-6-15(7-5-14)11(19)13-12(10(17)18)2-1-3-12/h16H,1-9H2,(H,13,19)(H,17,18). The number of carbonyl (C=O) groups excluding carboxylic acids is 1. The van der Waals surface area contributed by atoms with Gasteiger partial charge in [-0.15, -0.1) is 0 Å². The molecule has 1 heterocycles. The number of carboxylic acids is 1. The molecule has 7 nitrogen and oxygen atoms in total. The van der Waals surface area contributed by atoms with E-state index in [1.807, 2.05) is 0 Å². The molecule has 7 heteroatoms. The summed E-state index contributed by atoms with van der Waals surface area (Å²) in [5, 5.41) is 20.7. The van der Waals surface area contributed by atoms with Crippen molar-refractivity contribution in [2.24, 2.45) is 0 Å². The number of β-amino-alcohol motifs (C(OH)–C–C–N with tert-alkyl or cyclic N) is 1. The summed E-state index contributed by atoms with van der Waals surface area (Å²) >= 11 is 0. The number of carbonyl (C=O) groups is 2. The Labute approximate surface area is 112 Å². The van der Waals surface area contributed by atoms with Crippen LogP contribution in [0, 0.1) is 0 Å². The van der Waals surface area contributed by atoms with Crippen LogP contribution in [0.1, 0.15) is 19.3 Å². The fraction of sp³-hybridized carbons (Fsp3) is 0.833. The zero-order valence-electron chi connectivity index (χ0n) is 11.0. The van der Waals surface area contributed by atoms with Crippen molar-refractivity contribution in [3.8, 4) is 0 Å². The normalized spacial score (nSPS) is 22.7. The van der Waals surface area contributed by atoms with Gasteiger partial charge in [-0.25, -0.2) is 9.59 Å². The van der Waals surface area contributed by atoms with E-state index in [1.165, 1.54) is 0 Å². The summed E-state index contributed by atoms with van der Waals surface area (Å²) in [6, 6.07) is -0.286. The largest absolute Gasteiger partial charge is 0.480 e. The highest BCUT2D eigenvalue weighted by Gasteiger charge is 2.46. The Morgan fingerprint density at radius 3 is 2.21 bits per heavy atom. The third-order valence-electron chi connectivity index (χ3n) is 4.04. The zero-order valence-corrected chi connectivity index (χ0v) is 11.0. The number of aliphatic hydroxyl groups is 1. The van der Waals surface area contributed by atoms with Crippen molar-refractivity contribution in [3.63, 3.8) is 0 Å². The molecule has 0 unspecified atom stereocenters. The van der Waals surface area contributed by atoms with E-state index in [-0.39, 0.29) is 12.6 Å². The second kappa shape index (κ2) is 5.75. The third kappa shape index (κ3) is 2.98. The minimum atomic E-state index is -1.04. The van der Waals surface area contributed by atoms with Crippen molar-refractivity contribution >= 4 is 12.0 Å². The number of hydrogen-bond donors (Lipinski definition) is 3. The first-order valence-electron chi connectivity index (χ1n) is 6.71. The highest BCUT2D eigenvalue weighted by Crippen LogP contribution is 2.32. The van der Waals surface area contributed by atoms with Crippen LogP contribution in [0.3, 0.4) is 0 Å². The molecule has 0 aromatic carbocycles. The van der Waals surface area contributed by atoms with Gasteiger partial charge in [-0.3, -0.25) is 4.90 Å². The van der Waals surface area contributed by atoms with Crippen molar-refractivity contribution in [2.75, 3.05) is 39.3 Å². The van der Waals surface area contributed by atoms with E-state index in [9.17, 15) is 14.7 Å². The topological polar surface area (TPSA) is 93.1 Å². The van der Waals surface area contributed by atoms with Gasteiger partial charge < -0.3 is 20.4 Å². The van der Waals surface area contributed by atoms with Crippen LogP contribution in [0.2, 0.25) is 0 Å². The average molecular weight is 271 g/mol. The van der Waals surface area contributed by atoms with Crippen molar-refractivity contribution < 1.29 is 19.8 Å². The number of aliphatic carboxylic acids is 1. The van der Waals surface area contributed by atoms with Crippen LogP contribution in [0.25, 0.3) is 0 Å². The van der Waals surface area contributed by atoms with Crippen LogP contribution in [-0.4, -0.2) is 76.9 Å². The van der Waals surface area contributed by atoms with Gasteiger partial charge in [0.15, 0.2) is 0 Å². The highest BCUT2D eigenvalue weighted by atomic mass is 16.4. The number of hydrogen-bond acceptors (Lipinski definition) is 4. The van der Waals surface area contributed by atoms with Crippen molar-refractivity contribution in [1.29, 1.82) is 0 Å². The SMILES string of the molecule is O=C(NC1(C(=O)O)CCC1)N1CCN(CCO)CC1. The predicted octanol–water partition coefficient (Wildman–Crippen LogP) is -0.687. The van der Waals surface area contributed by atoms with Crippen molar-refractivity contribution in [2.45, 2.75) is 24.8 Å². The highest BCUT2D eigenvalue weighted by molar-refractivity contribution is 5.87. The Hall–Kier alpha value is -1.34. The lowest BCUT2D eigenvalue weighted by Crippen LogP contribution is -2.63. The van der Waals surface area contributed by atoms with Gasteiger partial charge in [0.05, 0.1) is 6.61 Å². The van der Waals surface area contributed by atoms with E-state index >= 15 is 0 Å². The summed E-state index contributed by atoms with van der Waals surface area (Å²) in [6.45, 7) is 3.31. The number of carboxylic acid groups (broad SMARTS) is 1. The van der Waals surface area contributed by atoms with Crippen LogP contribution < -0.4 is 5.32 Å². The molecule has 2 fully saturated rings. The lowest BCUT2D eigenvalue weighted by molar-refractivity contribution is -0.148. The van der Waals surface area contributed by atoms with Crippen LogP contribution in [-0.2, 0) is 4.79 Å². The molecule has 0 bridgehead atoms. The first kappa shape index (κ1) is 14.1. The monoisotopic (exact) mass is 271 g/mol. The number of nitrogens with one attached hydrogen (secondary N) is 1. The molecule has 2 aliphatic rings. The molecule has 2 rings (SSSR count). The van der Waals surface area contributed by atoms with Gasteiger partial charge in [0.1, 0.15) is 5.54 Å². The molecular formula is C12H21N3O4. The molecule has 0 aromatic heterocycles. The maximum Gasteiger partial charge on any atom is 0.329 e. The Morgan fingerprint density at radius 2 is 1.79 bits per heavy atom. The summed E-state index contributed by atoms with van der Waals surface area (Å²) < 4.78 is 0. The zero-order chi connectivity index (χ0) is 13.9. The van der Waals surface area contributed by atoms with E-state index in [0.717, 1.165) is 6.42 Å². The maximum atomic E-state index is 12.1. The summed E-state index contributed by atoms with van der Waals surface area (Å²) in [6.07, 6.45) is 1.87. The Balaban J connectivity index is 1.83. The molecular weight excluding hydrogens is 250 g/mol. The molecule has 0 atom stereocenters. The molecule has 1 saturated carbocycles. The molecule has 2 amide bonds. The molecule has 1 aliphatic heterocycles. The Kier molecular flexibility index (Phi) is 4.26. The van der Waals surface area contributed by atoms with Crippen LogP contribution >= 0.6 is 0 Å². The first-order valence-corrected chi connectivity index (χ1v) is 6.71. The quantitative estimate of drug-likeness (QED) is 0.629. The molecule has 3 N–H and O–H groups in total. The number of amides is 2. The number of aliphatic hydroxyl groups excluding tert-OH is 1. The molecule has 0 aromatic rings. The molecule has 1 aliphatic carbocycles. The molecule has 0 radical (unpaired) electrons. The van der Waals surface area contributed by atoms with Gasteiger partial charge >= 0.3 is 12.0 Å². The summed E-state index contributed by atoms with van der Waals surface area (Å²) in [5.41, 5.74) is -1.04. The second-order valence-corrected chi connectivity index (χ2v) is 5.22. The summed E-state index contributed by atoms with van der Waals surface area (Å²) in [4.78, 5) is 27.0. The lowest BCUT2D eigenvalue weighted by Gasteiger charge is -2.41. The number of piperazine rings is 1. The number of urea groups is 1. The smallest absolute Gasteiger partial charge is 0.329 e. The van der Waals surface area contributed by atoms with Crippen molar-refractivity contribution in [1.82, 2.24) is 15.1 Å². The van der Waals surface area contributed by atoms with E-state index in [0.29, 0.717) is 45.6 Å². The Morgan fingerprint density at radius 1 is 1.16 bits per heavy atom. The van der Waals surface area contributed by atoms with Gasteiger partial charge in [-0.1, -0.05) is 0 Å².